The molecule has 104 valence electrons. The van der Waals surface area contributed by atoms with Gasteiger partial charge < -0.3 is 5.32 Å². The third-order valence-corrected chi connectivity index (χ3v) is 3.64. The van der Waals surface area contributed by atoms with Gasteiger partial charge in [0, 0.05) is 43.0 Å². The van der Waals surface area contributed by atoms with E-state index in [9.17, 15) is 18.4 Å². The topological polar surface area (TPSA) is 58.5 Å². The number of nitrogens with zero attached hydrogens (tertiary/aromatic N) is 1. The first-order chi connectivity index (χ1) is 9.46. The monoisotopic (exact) mass is 278 g/mol. The average Bonchev–Trinajstić information content (AvgIpc) is 2.30. The number of anilines is 1. The first-order valence-electron chi connectivity index (χ1n) is 6.28. The minimum Gasteiger partial charge on any atom is -0.337 e. The predicted octanol–water partition coefficient (Wildman–Crippen LogP) is 2.10. The summed E-state index contributed by atoms with van der Waals surface area (Å²) in [7, 11) is 0. The third-order valence-electron chi connectivity index (χ3n) is 3.64. The fourth-order valence-electron chi connectivity index (χ4n) is 2.71. The van der Waals surface area contributed by atoms with Gasteiger partial charge in [0.15, 0.2) is 11.6 Å². The fourth-order valence-corrected chi connectivity index (χ4v) is 2.71. The van der Waals surface area contributed by atoms with E-state index in [4.69, 9.17) is 0 Å². The Balaban J connectivity index is 1.76. The number of aliphatic imine (C=N–C) groups is 1. The average molecular weight is 278 g/mol. The van der Waals surface area contributed by atoms with Gasteiger partial charge in [-0.25, -0.2) is 8.78 Å². The van der Waals surface area contributed by atoms with E-state index in [0.717, 1.165) is 18.2 Å². The number of carbonyl (C=O) groups excluding carboxylic acids is 2. The molecule has 0 radical (unpaired) electrons. The Bertz CT molecular complexity index is 612. The molecule has 0 atom stereocenters. The number of nitrogens with one attached hydrogen (secondary N) is 1. The summed E-state index contributed by atoms with van der Waals surface area (Å²) in [5, 5.41) is 2.64. The minimum absolute atomic E-state index is 0.0972. The number of rotatable bonds is 1. The van der Waals surface area contributed by atoms with Crippen molar-refractivity contribution in [1.82, 2.24) is 0 Å². The van der Waals surface area contributed by atoms with Gasteiger partial charge in [-0.2, -0.15) is 0 Å². The standard InChI is InChI=1S/C14H12F2N2O2/c15-8-1-9(16)3-10(2-8)18-13-12(20)6-14(7-17-13)4-11(19)5-14/h1-3H,4-7H2,(H,17,18). The number of Topliss-reactive ketones (excluding diaryl/α,β-unsaturated/α-hetero) is 2. The van der Waals surface area contributed by atoms with Crippen LogP contribution in [0.1, 0.15) is 19.3 Å². The minimum atomic E-state index is -0.725. The van der Waals surface area contributed by atoms with E-state index < -0.39 is 11.6 Å². The highest BCUT2D eigenvalue weighted by molar-refractivity contribution is 6.43. The third kappa shape index (κ3) is 2.33. The van der Waals surface area contributed by atoms with Crippen molar-refractivity contribution >= 4 is 23.1 Å². The molecule has 1 saturated carbocycles. The molecular formula is C14H12F2N2O2. The van der Waals surface area contributed by atoms with Gasteiger partial charge in [0.1, 0.15) is 17.4 Å². The Morgan fingerprint density at radius 1 is 1.05 bits per heavy atom. The molecule has 2 aliphatic rings. The van der Waals surface area contributed by atoms with Crippen LogP contribution in [0.3, 0.4) is 0 Å². The van der Waals surface area contributed by atoms with Crippen molar-refractivity contribution in [3.05, 3.63) is 29.8 Å². The van der Waals surface area contributed by atoms with E-state index in [1.807, 2.05) is 0 Å². The number of hydrogen-bond donors (Lipinski definition) is 1. The normalized spacial score (nSPS) is 20.6. The number of amidine groups is 1. The maximum atomic E-state index is 13.1. The summed E-state index contributed by atoms with van der Waals surface area (Å²) >= 11 is 0. The highest BCUT2D eigenvalue weighted by Crippen LogP contribution is 2.43. The number of hydrogen-bond acceptors (Lipinski definition) is 4. The lowest BCUT2D eigenvalue weighted by Gasteiger charge is -2.40. The summed E-state index contributed by atoms with van der Waals surface area (Å²) in [6.07, 6.45) is 1.04. The van der Waals surface area contributed by atoms with E-state index in [1.165, 1.54) is 0 Å². The largest absolute Gasteiger partial charge is 0.337 e. The Hall–Kier alpha value is -2.11. The van der Waals surface area contributed by atoms with Crippen LogP contribution in [0.4, 0.5) is 14.5 Å². The van der Waals surface area contributed by atoms with Gasteiger partial charge in [-0.1, -0.05) is 0 Å². The van der Waals surface area contributed by atoms with Crippen molar-refractivity contribution in [2.75, 3.05) is 11.9 Å². The quantitative estimate of drug-likeness (QED) is 0.855. The second-order valence-electron chi connectivity index (χ2n) is 5.44. The summed E-state index contributed by atoms with van der Waals surface area (Å²) in [6, 6.07) is 2.94. The first kappa shape index (κ1) is 12.9. The molecule has 0 saturated heterocycles. The van der Waals surface area contributed by atoms with Crippen molar-refractivity contribution in [3.8, 4) is 0 Å². The Morgan fingerprint density at radius 3 is 2.25 bits per heavy atom. The van der Waals surface area contributed by atoms with Gasteiger partial charge in [-0.05, 0) is 12.1 Å². The van der Waals surface area contributed by atoms with Crippen LogP contribution in [-0.2, 0) is 9.59 Å². The summed E-state index contributed by atoms with van der Waals surface area (Å²) in [5.41, 5.74) is -0.165. The lowest BCUT2D eigenvalue weighted by Crippen LogP contribution is -2.47. The van der Waals surface area contributed by atoms with Crippen LogP contribution in [0.15, 0.2) is 23.2 Å². The molecule has 1 aliphatic heterocycles. The van der Waals surface area contributed by atoms with Crippen LogP contribution in [0.25, 0.3) is 0 Å². The van der Waals surface area contributed by atoms with Gasteiger partial charge in [-0.15, -0.1) is 0 Å². The zero-order valence-electron chi connectivity index (χ0n) is 10.6. The van der Waals surface area contributed by atoms with Crippen molar-refractivity contribution in [1.29, 1.82) is 0 Å². The molecule has 0 aromatic heterocycles. The maximum Gasteiger partial charge on any atom is 0.198 e. The molecule has 6 heteroatoms. The molecule has 20 heavy (non-hydrogen) atoms. The molecule has 1 aromatic carbocycles. The Morgan fingerprint density at radius 2 is 1.70 bits per heavy atom. The number of halogens is 2. The molecule has 1 N–H and O–H groups in total. The molecule has 1 aliphatic carbocycles. The van der Waals surface area contributed by atoms with E-state index >= 15 is 0 Å². The molecule has 1 aromatic rings. The van der Waals surface area contributed by atoms with Crippen LogP contribution >= 0.6 is 0 Å². The summed E-state index contributed by atoms with van der Waals surface area (Å²) < 4.78 is 26.1. The molecule has 4 nitrogen and oxygen atoms in total. The van der Waals surface area contributed by atoms with Crippen LogP contribution in [0, 0.1) is 17.0 Å². The van der Waals surface area contributed by atoms with Crippen molar-refractivity contribution < 1.29 is 18.4 Å². The Kier molecular flexibility index (Phi) is 2.88. The smallest absolute Gasteiger partial charge is 0.198 e. The molecule has 3 rings (SSSR count). The fraction of sp³-hybridized carbons (Fsp3) is 0.357. The van der Waals surface area contributed by atoms with Crippen LogP contribution in [0.5, 0.6) is 0 Å². The number of benzene rings is 1. The zero-order chi connectivity index (χ0) is 14.3. The van der Waals surface area contributed by atoms with Crippen LogP contribution in [-0.4, -0.2) is 23.9 Å². The van der Waals surface area contributed by atoms with E-state index in [2.05, 4.69) is 10.3 Å². The van der Waals surface area contributed by atoms with Crippen LogP contribution < -0.4 is 5.32 Å². The Labute approximate surface area is 113 Å². The second kappa shape index (κ2) is 4.47. The second-order valence-corrected chi connectivity index (χ2v) is 5.44. The van der Waals surface area contributed by atoms with E-state index in [-0.39, 0.29) is 34.9 Å². The molecule has 0 unspecified atom stereocenters. The molecule has 0 bridgehead atoms. The lowest BCUT2D eigenvalue weighted by molar-refractivity contribution is -0.134. The lowest BCUT2D eigenvalue weighted by atomic mass is 9.64. The SMILES string of the molecule is O=C1CC2(CN=C(Nc3cc(F)cc(F)c3)C(=O)C2)C1. The van der Waals surface area contributed by atoms with Crippen LogP contribution in [0.2, 0.25) is 0 Å². The van der Waals surface area contributed by atoms with Crippen molar-refractivity contribution in [2.24, 2.45) is 10.4 Å². The summed E-state index contributed by atoms with van der Waals surface area (Å²) in [4.78, 5) is 27.2. The molecule has 1 heterocycles. The molecule has 1 fully saturated rings. The van der Waals surface area contributed by atoms with Gasteiger partial charge in [0.05, 0.1) is 0 Å². The maximum absolute atomic E-state index is 13.1. The molecule has 0 amide bonds. The first-order valence-corrected chi connectivity index (χ1v) is 6.28. The van der Waals surface area contributed by atoms with Gasteiger partial charge in [0.2, 0.25) is 0 Å². The van der Waals surface area contributed by atoms with Crippen molar-refractivity contribution in [3.63, 3.8) is 0 Å². The number of ketones is 2. The highest BCUT2D eigenvalue weighted by Gasteiger charge is 2.47. The highest BCUT2D eigenvalue weighted by atomic mass is 19.1. The summed E-state index contributed by atoms with van der Waals surface area (Å²) in [5.74, 6) is -1.43. The van der Waals surface area contributed by atoms with Gasteiger partial charge >= 0.3 is 0 Å². The number of carbonyl (C=O) groups is 2. The van der Waals surface area contributed by atoms with E-state index in [0.29, 0.717) is 19.4 Å². The van der Waals surface area contributed by atoms with E-state index in [1.54, 1.807) is 0 Å². The van der Waals surface area contributed by atoms with Crippen molar-refractivity contribution in [2.45, 2.75) is 19.3 Å². The van der Waals surface area contributed by atoms with Gasteiger partial charge in [0.25, 0.3) is 0 Å². The molecular weight excluding hydrogens is 266 g/mol. The summed E-state index contributed by atoms with van der Waals surface area (Å²) in [6.45, 7) is 0.393. The molecule has 1 spiro atoms. The zero-order valence-corrected chi connectivity index (χ0v) is 10.6. The predicted molar refractivity (Wildman–Crippen MR) is 68.6 cm³/mol. The van der Waals surface area contributed by atoms with Gasteiger partial charge in [-0.3, -0.25) is 14.6 Å².